The maximum atomic E-state index is 11.2. The Kier molecular flexibility index (Phi) is 8.86. The van der Waals surface area contributed by atoms with E-state index in [2.05, 4.69) is 23.8 Å². The summed E-state index contributed by atoms with van der Waals surface area (Å²) in [6.45, 7) is 2.16. The first-order chi connectivity index (χ1) is 12.5. The molecule has 0 aromatic rings. The van der Waals surface area contributed by atoms with Gasteiger partial charge in [0.1, 0.15) is 0 Å². The number of hydrogen-bond donors (Lipinski definition) is 2. The van der Waals surface area contributed by atoms with E-state index in [1.807, 2.05) is 6.08 Å². The van der Waals surface area contributed by atoms with Gasteiger partial charge in [-0.05, 0) is 50.4 Å². The smallest absolute Gasteiger partial charge is 0.305 e. The zero-order chi connectivity index (χ0) is 18.9. The van der Waals surface area contributed by atoms with Gasteiger partial charge in [-0.1, -0.05) is 50.0 Å². The van der Waals surface area contributed by atoms with Crippen LogP contribution in [-0.2, 0) is 9.53 Å². The first-order valence-corrected chi connectivity index (χ1v) is 10.4. The molecule has 0 aromatic carbocycles. The molecule has 1 unspecified atom stereocenters. The third-order valence-electron chi connectivity index (χ3n) is 5.97. The largest absolute Gasteiger partial charge is 0.469 e. The highest BCUT2D eigenvalue weighted by atomic mass is 16.5. The van der Waals surface area contributed by atoms with E-state index >= 15 is 0 Å². The van der Waals surface area contributed by atoms with Crippen LogP contribution in [0.1, 0.15) is 71.1 Å². The number of carbonyl (C=O) groups excluding carboxylic acids is 1. The van der Waals surface area contributed by atoms with Crippen LogP contribution in [0.2, 0.25) is 0 Å². The van der Waals surface area contributed by atoms with Crippen molar-refractivity contribution in [2.75, 3.05) is 7.11 Å². The van der Waals surface area contributed by atoms with Crippen LogP contribution in [0.25, 0.3) is 0 Å². The molecule has 0 amide bonds. The first-order valence-electron chi connectivity index (χ1n) is 10.4. The van der Waals surface area contributed by atoms with Gasteiger partial charge in [0, 0.05) is 12.3 Å². The predicted molar refractivity (Wildman–Crippen MR) is 104 cm³/mol. The molecule has 0 spiro atoms. The molecule has 4 heteroatoms. The zero-order valence-electron chi connectivity index (χ0n) is 16.4. The summed E-state index contributed by atoms with van der Waals surface area (Å²) in [5, 5.41) is 20.5. The fraction of sp³-hybridized carbons (Fsp3) is 0.773. The minimum absolute atomic E-state index is 0.131. The summed E-state index contributed by atoms with van der Waals surface area (Å²) in [6.07, 6.45) is 15.1. The molecule has 0 radical (unpaired) electrons. The first kappa shape index (κ1) is 21.2. The Bertz CT molecular complexity index is 496. The number of carbonyl (C=O) groups is 1. The van der Waals surface area contributed by atoms with Crippen molar-refractivity contribution in [1.29, 1.82) is 0 Å². The molecule has 2 N–H and O–H groups in total. The van der Waals surface area contributed by atoms with Gasteiger partial charge < -0.3 is 14.9 Å². The second kappa shape index (κ2) is 10.9. The van der Waals surface area contributed by atoms with Crippen molar-refractivity contribution in [3.8, 4) is 0 Å². The van der Waals surface area contributed by atoms with Crippen molar-refractivity contribution < 1.29 is 19.7 Å². The number of unbranched alkanes of at least 4 members (excludes halogenated alkanes) is 3. The number of aliphatic hydroxyl groups is 2. The van der Waals surface area contributed by atoms with E-state index in [0.717, 1.165) is 57.8 Å². The molecule has 0 aromatic heterocycles. The van der Waals surface area contributed by atoms with Crippen molar-refractivity contribution in [3.05, 3.63) is 23.8 Å². The number of aliphatic hydroxyl groups excluding tert-OH is 2. The lowest BCUT2D eigenvalue weighted by atomic mass is 9.88. The standard InChI is InChI=1S/C22H36O4/c1-3-4-5-9-18(23)11-12-19-20-14-16(13-17(20)15-21(19)24)8-6-7-10-22(25)26-2/h11-13,17-21,23-24H,3-10,14-15H2,1-2H3/t17-,18?,19+,20-,21+/m1/s1. The number of fused-ring (bicyclic) bond motifs is 1. The lowest BCUT2D eigenvalue weighted by molar-refractivity contribution is -0.140. The van der Waals surface area contributed by atoms with E-state index in [0.29, 0.717) is 18.3 Å². The lowest BCUT2D eigenvalue weighted by Gasteiger charge is -2.19. The predicted octanol–water partition coefficient (Wildman–Crippen LogP) is 4.16. The highest BCUT2D eigenvalue weighted by Crippen LogP contribution is 2.48. The highest BCUT2D eigenvalue weighted by molar-refractivity contribution is 5.68. The quantitative estimate of drug-likeness (QED) is 0.328. The van der Waals surface area contributed by atoms with Crippen molar-refractivity contribution >= 4 is 5.97 Å². The highest BCUT2D eigenvalue weighted by Gasteiger charge is 2.43. The Morgan fingerprint density at radius 3 is 2.88 bits per heavy atom. The fourth-order valence-electron chi connectivity index (χ4n) is 4.47. The average Bonchev–Trinajstić information content (AvgIpc) is 3.13. The number of allylic oxidation sites excluding steroid dienone is 2. The third kappa shape index (κ3) is 6.24. The molecule has 2 aliphatic rings. The van der Waals surface area contributed by atoms with Gasteiger partial charge in [0.05, 0.1) is 19.3 Å². The summed E-state index contributed by atoms with van der Waals surface area (Å²) < 4.78 is 4.68. The van der Waals surface area contributed by atoms with E-state index in [4.69, 9.17) is 0 Å². The Morgan fingerprint density at radius 2 is 2.15 bits per heavy atom. The SMILES string of the molecule is CCCCCC(O)C=C[C@H]1[C@@H]2CC(CCCCC(=O)OC)=C[C@@H]2C[C@@H]1O. The minimum Gasteiger partial charge on any atom is -0.469 e. The van der Waals surface area contributed by atoms with Crippen molar-refractivity contribution in [2.24, 2.45) is 17.8 Å². The van der Waals surface area contributed by atoms with Gasteiger partial charge in [0.25, 0.3) is 0 Å². The molecule has 0 heterocycles. The van der Waals surface area contributed by atoms with E-state index in [1.54, 1.807) is 0 Å². The summed E-state index contributed by atoms with van der Waals surface area (Å²) >= 11 is 0. The monoisotopic (exact) mass is 364 g/mol. The Morgan fingerprint density at radius 1 is 1.35 bits per heavy atom. The molecule has 2 rings (SSSR count). The van der Waals surface area contributed by atoms with Crippen LogP contribution in [0.3, 0.4) is 0 Å². The van der Waals surface area contributed by atoms with E-state index < -0.39 is 0 Å². The Labute approximate surface area is 158 Å². The normalized spacial score (nSPS) is 29.0. The average molecular weight is 365 g/mol. The molecular weight excluding hydrogens is 328 g/mol. The topological polar surface area (TPSA) is 66.8 Å². The van der Waals surface area contributed by atoms with Gasteiger partial charge in [-0.3, -0.25) is 4.79 Å². The molecule has 26 heavy (non-hydrogen) atoms. The second-order valence-corrected chi connectivity index (χ2v) is 7.97. The lowest BCUT2D eigenvalue weighted by Crippen LogP contribution is -2.18. The van der Waals surface area contributed by atoms with Crippen LogP contribution in [-0.4, -0.2) is 35.5 Å². The summed E-state index contributed by atoms with van der Waals surface area (Å²) in [7, 11) is 1.43. The molecule has 2 aliphatic carbocycles. The summed E-state index contributed by atoms with van der Waals surface area (Å²) in [4.78, 5) is 11.2. The van der Waals surface area contributed by atoms with Gasteiger partial charge in [-0.25, -0.2) is 0 Å². The van der Waals surface area contributed by atoms with Crippen LogP contribution in [0.4, 0.5) is 0 Å². The molecule has 5 atom stereocenters. The maximum absolute atomic E-state index is 11.2. The van der Waals surface area contributed by atoms with E-state index in [9.17, 15) is 15.0 Å². The number of rotatable bonds is 11. The second-order valence-electron chi connectivity index (χ2n) is 7.97. The van der Waals surface area contributed by atoms with Crippen LogP contribution in [0.5, 0.6) is 0 Å². The molecule has 1 fully saturated rings. The molecular formula is C22H36O4. The number of ether oxygens (including phenoxy) is 1. The third-order valence-corrected chi connectivity index (χ3v) is 5.97. The van der Waals surface area contributed by atoms with Crippen molar-refractivity contribution in [2.45, 2.75) is 83.3 Å². The zero-order valence-corrected chi connectivity index (χ0v) is 16.4. The van der Waals surface area contributed by atoms with Gasteiger partial charge in [0.15, 0.2) is 0 Å². The Hall–Kier alpha value is -1.13. The number of hydrogen-bond acceptors (Lipinski definition) is 4. The number of methoxy groups -OCH3 is 1. The van der Waals surface area contributed by atoms with Crippen LogP contribution < -0.4 is 0 Å². The van der Waals surface area contributed by atoms with Gasteiger partial charge in [0.2, 0.25) is 0 Å². The van der Waals surface area contributed by atoms with Crippen LogP contribution in [0, 0.1) is 17.8 Å². The number of esters is 1. The van der Waals surface area contributed by atoms with Crippen LogP contribution in [0.15, 0.2) is 23.8 Å². The van der Waals surface area contributed by atoms with Gasteiger partial charge >= 0.3 is 5.97 Å². The maximum Gasteiger partial charge on any atom is 0.305 e. The van der Waals surface area contributed by atoms with Gasteiger partial charge in [-0.15, -0.1) is 0 Å². The summed E-state index contributed by atoms with van der Waals surface area (Å²) in [6, 6.07) is 0. The molecule has 1 saturated carbocycles. The van der Waals surface area contributed by atoms with E-state index in [1.165, 1.54) is 12.7 Å². The van der Waals surface area contributed by atoms with Crippen molar-refractivity contribution in [3.63, 3.8) is 0 Å². The molecule has 148 valence electrons. The Balaban J connectivity index is 1.76. The molecule has 0 bridgehead atoms. The van der Waals surface area contributed by atoms with Crippen molar-refractivity contribution in [1.82, 2.24) is 0 Å². The van der Waals surface area contributed by atoms with Gasteiger partial charge in [-0.2, -0.15) is 0 Å². The molecule has 0 aliphatic heterocycles. The summed E-state index contributed by atoms with van der Waals surface area (Å²) in [5.74, 6) is 0.963. The fourth-order valence-corrected chi connectivity index (χ4v) is 4.47. The minimum atomic E-state index is -0.389. The molecule has 0 saturated heterocycles. The van der Waals surface area contributed by atoms with E-state index in [-0.39, 0.29) is 24.1 Å². The summed E-state index contributed by atoms with van der Waals surface area (Å²) in [5.41, 5.74) is 1.47. The van der Waals surface area contributed by atoms with Crippen LogP contribution >= 0.6 is 0 Å². The molecule has 4 nitrogen and oxygen atoms in total.